The van der Waals surface area contributed by atoms with Crippen molar-refractivity contribution in [1.29, 1.82) is 0 Å². The molecule has 1 unspecified atom stereocenters. The van der Waals surface area contributed by atoms with Gasteiger partial charge < -0.3 is 0 Å². The second-order valence-corrected chi connectivity index (χ2v) is 6.66. The Morgan fingerprint density at radius 3 is 0.591 bits per heavy atom. The van der Waals surface area contributed by atoms with Crippen LogP contribution in [0.1, 0.15) is 129 Å². The Morgan fingerprint density at radius 1 is 0.318 bits per heavy atom. The van der Waals surface area contributed by atoms with Crippen LogP contribution in [0.2, 0.25) is 0 Å². The first-order chi connectivity index (χ1) is 9.91. The van der Waals surface area contributed by atoms with Crippen LogP contribution in [-0.2, 0) is 0 Å². The zero-order valence-electron chi connectivity index (χ0n) is 15.8. The standard InChI is InChI=1S/C20H42.ClH.H3P/c1-3-5-7-9-11-13-15-17-19-20-18-16-14-12-10-8-6-4-2;;/h3-20H2,1-2H3;1H;1H3. The lowest BCUT2D eigenvalue weighted by atomic mass is 10.0. The molecule has 0 fully saturated rings. The fraction of sp³-hybridized carbons (Fsp3) is 1.00. The molecule has 0 rings (SSSR count). The Hall–Kier alpha value is 0.720. The maximum Gasteiger partial charge on any atom is -0.0533 e. The average molecular weight is 353 g/mol. The van der Waals surface area contributed by atoms with E-state index in [1.165, 1.54) is 116 Å². The number of halogens is 1. The molecule has 0 aliphatic carbocycles. The molecule has 138 valence electrons. The maximum absolute atomic E-state index is 2.30. The number of hydrogen-bond acceptors (Lipinski definition) is 0. The van der Waals surface area contributed by atoms with Gasteiger partial charge in [-0.1, -0.05) is 129 Å². The summed E-state index contributed by atoms with van der Waals surface area (Å²) in [6.45, 7) is 4.59. The van der Waals surface area contributed by atoms with Crippen LogP contribution in [0.3, 0.4) is 0 Å². The normalized spacial score (nSPS) is 10.1. The molecule has 0 amide bonds. The van der Waals surface area contributed by atoms with Crippen LogP contribution in [0.15, 0.2) is 0 Å². The van der Waals surface area contributed by atoms with Crippen molar-refractivity contribution < 1.29 is 0 Å². The van der Waals surface area contributed by atoms with Crippen molar-refractivity contribution in [2.45, 2.75) is 129 Å². The molecule has 0 aliphatic heterocycles. The van der Waals surface area contributed by atoms with Gasteiger partial charge >= 0.3 is 0 Å². The molecule has 1 atom stereocenters. The predicted molar refractivity (Wildman–Crippen MR) is 113 cm³/mol. The molecule has 0 saturated heterocycles. The molecule has 0 N–H and O–H groups in total. The van der Waals surface area contributed by atoms with E-state index in [1.807, 2.05) is 0 Å². The van der Waals surface area contributed by atoms with Crippen LogP contribution < -0.4 is 0 Å². The van der Waals surface area contributed by atoms with Crippen LogP contribution in [-0.4, -0.2) is 0 Å². The van der Waals surface area contributed by atoms with Crippen LogP contribution in [0.4, 0.5) is 0 Å². The molecule has 0 saturated carbocycles. The minimum atomic E-state index is 0. The third kappa shape index (κ3) is 25.7. The van der Waals surface area contributed by atoms with Gasteiger partial charge in [0.1, 0.15) is 0 Å². The molecule has 0 radical (unpaired) electrons. The highest BCUT2D eigenvalue weighted by Crippen LogP contribution is 2.14. The summed E-state index contributed by atoms with van der Waals surface area (Å²) in [6, 6.07) is 0. The molecule has 0 heterocycles. The summed E-state index contributed by atoms with van der Waals surface area (Å²) >= 11 is 0. The first-order valence-corrected chi connectivity index (χ1v) is 9.91. The Morgan fingerprint density at radius 2 is 0.455 bits per heavy atom. The van der Waals surface area contributed by atoms with Gasteiger partial charge in [0.05, 0.1) is 0 Å². The molecule has 0 bridgehead atoms. The summed E-state index contributed by atoms with van der Waals surface area (Å²) in [5.74, 6) is 0. The van der Waals surface area contributed by atoms with Crippen molar-refractivity contribution in [3.63, 3.8) is 0 Å². The van der Waals surface area contributed by atoms with Gasteiger partial charge in [-0.2, -0.15) is 9.90 Å². The molecule has 2 heteroatoms. The summed E-state index contributed by atoms with van der Waals surface area (Å²) in [5, 5.41) is 0. The van der Waals surface area contributed by atoms with E-state index in [4.69, 9.17) is 0 Å². The first-order valence-electron chi connectivity index (χ1n) is 9.91. The van der Waals surface area contributed by atoms with Crippen LogP contribution >= 0.6 is 22.3 Å². The molecule has 0 nitrogen and oxygen atoms in total. The Bertz CT molecular complexity index is 144. The van der Waals surface area contributed by atoms with E-state index in [-0.39, 0.29) is 22.3 Å². The molecule has 22 heavy (non-hydrogen) atoms. The Labute approximate surface area is 152 Å². The largest absolute Gasteiger partial charge is 0.153 e. The lowest BCUT2D eigenvalue weighted by molar-refractivity contribution is 0.526. The highest BCUT2D eigenvalue weighted by atomic mass is 35.5. The molecular formula is C20H46ClP. The molecule has 0 aromatic heterocycles. The Balaban J connectivity index is -0.00000180. The van der Waals surface area contributed by atoms with Crippen molar-refractivity contribution in [3.05, 3.63) is 0 Å². The fourth-order valence-corrected chi connectivity index (χ4v) is 2.97. The van der Waals surface area contributed by atoms with Gasteiger partial charge in [-0.05, 0) is 0 Å². The van der Waals surface area contributed by atoms with Crippen molar-refractivity contribution in [2.75, 3.05) is 0 Å². The molecule has 0 aromatic carbocycles. The first kappa shape index (κ1) is 27.6. The van der Waals surface area contributed by atoms with Gasteiger partial charge in [0.15, 0.2) is 0 Å². The minimum absolute atomic E-state index is 0. The van der Waals surface area contributed by atoms with Gasteiger partial charge in [-0.15, -0.1) is 12.4 Å². The highest BCUT2D eigenvalue weighted by molar-refractivity contribution is 6.92. The van der Waals surface area contributed by atoms with E-state index >= 15 is 0 Å². The fourth-order valence-electron chi connectivity index (χ4n) is 2.97. The average Bonchev–Trinajstić information content (AvgIpc) is 2.47. The number of unbranched alkanes of at least 4 members (excludes halogenated alkanes) is 17. The van der Waals surface area contributed by atoms with E-state index < -0.39 is 0 Å². The molecular weight excluding hydrogens is 307 g/mol. The van der Waals surface area contributed by atoms with Crippen molar-refractivity contribution in [3.8, 4) is 0 Å². The summed E-state index contributed by atoms with van der Waals surface area (Å²) in [7, 11) is 0. The lowest BCUT2D eigenvalue weighted by Crippen LogP contribution is -1.83. The maximum atomic E-state index is 2.30. The monoisotopic (exact) mass is 352 g/mol. The smallest absolute Gasteiger partial charge is 0.0533 e. The molecule has 0 spiro atoms. The van der Waals surface area contributed by atoms with E-state index in [2.05, 4.69) is 13.8 Å². The van der Waals surface area contributed by atoms with Crippen molar-refractivity contribution in [2.24, 2.45) is 0 Å². The second-order valence-electron chi connectivity index (χ2n) is 6.66. The zero-order valence-corrected chi connectivity index (χ0v) is 18.1. The van der Waals surface area contributed by atoms with Gasteiger partial charge in [0.2, 0.25) is 0 Å². The molecule has 0 aromatic rings. The SMILES string of the molecule is CCCCCCCCCCCCCCCCCCCC.Cl.P. The lowest BCUT2D eigenvalue weighted by Gasteiger charge is -2.03. The van der Waals surface area contributed by atoms with E-state index in [9.17, 15) is 0 Å². The highest BCUT2D eigenvalue weighted by Gasteiger charge is 1.94. The van der Waals surface area contributed by atoms with E-state index in [0.717, 1.165) is 0 Å². The summed E-state index contributed by atoms with van der Waals surface area (Å²) in [6.07, 6.45) is 26.4. The van der Waals surface area contributed by atoms with Crippen LogP contribution in [0.25, 0.3) is 0 Å². The minimum Gasteiger partial charge on any atom is -0.153 e. The predicted octanol–water partition coefficient (Wildman–Crippen LogP) is 8.53. The van der Waals surface area contributed by atoms with Gasteiger partial charge in [-0.3, -0.25) is 0 Å². The second kappa shape index (κ2) is 26.6. The molecule has 0 aliphatic rings. The number of hydrogen-bond donors (Lipinski definition) is 0. The summed E-state index contributed by atoms with van der Waals surface area (Å²) < 4.78 is 0. The zero-order chi connectivity index (χ0) is 14.7. The van der Waals surface area contributed by atoms with Gasteiger partial charge in [0.25, 0.3) is 0 Å². The third-order valence-electron chi connectivity index (χ3n) is 4.46. The number of rotatable bonds is 17. The third-order valence-corrected chi connectivity index (χ3v) is 4.46. The van der Waals surface area contributed by atoms with E-state index in [1.54, 1.807) is 0 Å². The summed E-state index contributed by atoms with van der Waals surface area (Å²) in [4.78, 5) is 0. The van der Waals surface area contributed by atoms with Gasteiger partial charge in [0, 0.05) is 0 Å². The van der Waals surface area contributed by atoms with Gasteiger partial charge in [-0.25, -0.2) is 0 Å². The van der Waals surface area contributed by atoms with E-state index in [0.29, 0.717) is 0 Å². The quantitative estimate of drug-likeness (QED) is 0.182. The van der Waals surface area contributed by atoms with Crippen molar-refractivity contribution in [1.82, 2.24) is 0 Å². The van der Waals surface area contributed by atoms with Crippen LogP contribution in [0, 0.1) is 0 Å². The summed E-state index contributed by atoms with van der Waals surface area (Å²) in [5.41, 5.74) is 0. The topological polar surface area (TPSA) is 0 Å². The Kier molecular flexibility index (Phi) is 33.3. The van der Waals surface area contributed by atoms with Crippen LogP contribution in [0.5, 0.6) is 0 Å². The van der Waals surface area contributed by atoms with Crippen molar-refractivity contribution >= 4 is 22.3 Å².